The molecule has 1 aliphatic heterocycles. The highest BCUT2D eigenvalue weighted by Crippen LogP contribution is 2.25. The molecule has 2 rings (SSSR count). The average molecular weight is 263 g/mol. The summed E-state index contributed by atoms with van der Waals surface area (Å²) in [6, 6.07) is 8.26. The van der Waals surface area contributed by atoms with Gasteiger partial charge in [0, 0.05) is 0 Å². The molecule has 1 aliphatic rings. The van der Waals surface area contributed by atoms with Crippen LogP contribution in [0.4, 0.5) is 0 Å². The third kappa shape index (κ3) is 4.51. The van der Waals surface area contributed by atoms with Crippen molar-refractivity contribution in [2.75, 3.05) is 26.3 Å². The van der Waals surface area contributed by atoms with E-state index in [0.717, 1.165) is 31.7 Å². The van der Waals surface area contributed by atoms with Gasteiger partial charge in [0.2, 0.25) is 0 Å². The predicted molar refractivity (Wildman–Crippen MR) is 77.9 cm³/mol. The molecule has 0 aliphatic carbocycles. The summed E-state index contributed by atoms with van der Waals surface area (Å²) >= 11 is 0. The van der Waals surface area contributed by atoms with Crippen LogP contribution in [0.25, 0.3) is 0 Å². The lowest BCUT2D eigenvalue weighted by molar-refractivity contribution is 0.0167. The van der Waals surface area contributed by atoms with Crippen LogP contribution in [-0.4, -0.2) is 32.4 Å². The topological polar surface area (TPSA) is 30.5 Å². The van der Waals surface area contributed by atoms with Crippen LogP contribution in [0, 0.1) is 0 Å². The van der Waals surface area contributed by atoms with Crippen LogP contribution in [-0.2, 0) is 4.74 Å². The minimum Gasteiger partial charge on any atom is -0.491 e. The largest absolute Gasteiger partial charge is 0.491 e. The molecule has 0 saturated carbocycles. The highest BCUT2D eigenvalue weighted by molar-refractivity contribution is 5.35. The van der Waals surface area contributed by atoms with Crippen molar-refractivity contribution in [3.63, 3.8) is 0 Å². The third-order valence-electron chi connectivity index (χ3n) is 3.52. The first-order valence-corrected chi connectivity index (χ1v) is 7.31. The Labute approximate surface area is 116 Å². The number of benzene rings is 1. The maximum Gasteiger partial charge on any atom is 0.122 e. The smallest absolute Gasteiger partial charge is 0.122 e. The van der Waals surface area contributed by atoms with Crippen molar-refractivity contribution in [3.8, 4) is 5.75 Å². The second-order valence-corrected chi connectivity index (χ2v) is 5.36. The molecule has 0 aromatic heterocycles. The summed E-state index contributed by atoms with van der Waals surface area (Å²) in [5.74, 6) is 1.48. The van der Waals surface area contributed by atoms with Crippen LogP contribution < -0.4 is 10.1 Å². The molecule has 3 nitrogen and oxygen atoms in total. The number of rotatable bonds is 6. The van der Waals surface area contributed by atoms with Gasteiger partial charge in [-0.3, -0.25) is 0 Å². The molecule has 106 valence electrons. The Bertz CT molecular complexity index is 373. The molecule has 3 heteroatoms. The lowest BCUT2D eigenvalue weighted by Gasteiger charge is -2.23. The van der Waals surface area contributed by atoms with E-state index in [4.69, 9.17) is 9.47 Å². The van der Waals surface area contributed by atoms with E-state index >= 15 is 0 Å². The van der Waals surface area contributed by atoms with Gasteiger partial charge >= 0.3 is 0 Å². The normalized spacial score (nSPS) is 16.8. The van der Waals surface area contributed by atoms with Gasteiger partial charge in [0.25, 0.3) is 0 Å². The van der Waals surface area contributed by atoms with E-state index in [1.165, 1.54) is 5.56 Å². The molecule has 1 heterocycles. The Hall–Kier alpha value is -1.06. The van der Waals surface area contributed by atoms with Crippen molar-refractivity contribution in [2.45, 2.75) is 38.7 Å². The van der Waals surface area contributed by atoms with Crippen molar-refractivity contribution >= 4 is 0 Å². The molecule has 1 aromatic rings. The predicted octanol–water partition coefficient (Wildman–Crippen LogP) is 2.96. The minimum absolute atomic E-state index is 0.408. The van der Waals surface area contributed by atoms with Gasteiger partial charge in [-0.2, -0.15) is 0 Å². The second-order valence-electron chi connectivity index (χ2n) is 5.36. The van der Waals surface area contributed by atoms with E-state index in [1.54, 1.807) is 0 Å². The van der Waals surface area contributed by atoms with Gasteiger partial charge in [-0.25, -0.2) is 0 Å². The first-order chi connectivity index (χ1) is 9.27. The number of nitrogens with one attached hydrogen (secondary N) is 1. The number of hydrogen-bond donors (Lipinski definition) is 1. The molecular weight excluding hydrogens is 238 g/mol. The number of piperidine rings is 1. The molecule has 0 amide bonds. The summed E-state index contributed by atoms with van der Waals surface area (Å²) in [5.41, 5.74) is 1.27. The summed E-state index contributed by atoms with van der Waals surface area (Å²) in [6.07, 6.45) is 2.63. The van der Waals surface area contributed by atoms with Crippen molar-refractivity contribution in [2.24, 2.45) is 0 Å². The van der Waals surface area contributed by atoms with E-state index in [0.29, 0.717) is 25.2 Å². The number of para-hydroxylation sites is 1. The fraction of sp³-hybridized carbons (Fsp3) is 0.625. The van der Waals surface area contributed by atoms with Crippen LogP contribution in [0.5, 0.6) is 5.75 Å². The first kappa shape index (κ1) is 14.4. The fourth-order valence-corrected chi connectivity index (χ4v) is 2.42. The molecule has 0 atom stereocenters. The molecule has 1 N–H and O–H groups in total. The average Bonchev–Trinajstić information content (AvgIpc) is 2.45. The lowest BCUT2D eigenvalue weighted by atomic mass is 10.0. The summed E-state index contributed by atoms with van der Waals surface area (Å²) in [5, 5.41) is 3.34. The van der Waals surface area contributed by atoms with E-state index in [2.05, 4.69) is 31.3 Å². The van der Waals surface area contributed by atoms with Crippen LogP contribution in [0.15, 0.2) is 24.3 Å². The van der Waals surface area contributed by atoms with E-state index in [9.17, 15) is 0 Å². The zero-order valence-corrected chi connectivity index (χ0v) is 12.0. The zero-order valence-electron chi connectivity index (χ0n) is 12.0. The van der Waals surface area contributed by atoms with Crippen molar-refractivity contribution in [1.29, 1.82) is 0 Å². The molecule has 19 heavy (non-hydrogen) atoms. The summed E-state index contributed by atoms with van der Waals surface area (Å²) < 4.78 is 11.7. The number of ether oxygens (including phenoxy) is 2. The van der Waals surface area contributed by atoms with Gasteiger partial charge in [-0.1, -0.05) is 32.0 Å². The van der Waals surface area contributed by atoms with Crippen LogP contribution in [0.1, 0.15) is 38.2 Å². The molecule has 1 saturated heterocycles. The van der Waals surface area contributed by atoms with Gasteiger partial charge in [0.15, 0.2) is 0 Å². The molecule has 1 fully saturated rings. The molecule has 0 spiro atoms. The van der Waals surface area contributed by atoms with Gasteiger partial charge in [0.05, 0.1) is 12.7 Å². The number of hydrogen-bond acceptors (Lipinski definition) is 3. The Morgan fingerprint density at radius 3 is 2.63 bits per heavy atom. The maximum atomic E-state index is 5.85. The Kier molecular flexibility index (Phi) is 5.67. The van der Waals surface area contributed by atoms with Crippen LogP contribution >= 0.6 is 0 Å². The quantitative estimate of drug-likeness (QED) is 0.800. The van der Waals surface area contributed by atoms with Gasteiger partial charge in [-0.15, -0.1) is 0 Å². The van der Waals surface area contributed by atoms with Gasteiger partial charge in [-0.05, 0) is 43.5 Å². The summed E-state index contributed by atoms with van der Waals surface area (Å²) in [4.78, 5) is 0. The van der Waals surface area contributed by atoms with Crippen LogP contribution in [0.2, 0.25) is 0 Å². The van der Waals surface area contributed by atoms with E-state index in [1.807, 2.05) is 12.1 Å². The molecule has 0 unspecified atom stereocenters. The highest BCUT2D eigenvalue weighted by Gasteiger charge is 2.13. The first-order valence-electron chi connectivity index (χ1n) is 7.31. The van der Waals surface area contributed by atoms with Gasteiger partial charge < -0.3 is 14.8 Å². The molecule has 1 aromatic carbocycles. The maximum absolute atomic E-state index is 5.85. The van der Waals surface area contributed by atoms with E-state index in [-0.39, 0.29) is 0 Å². The third-order valence-corrected chi connectivity index (χ3v) is 3.52. The van der Waals surface area contributed by atoms with E-state index < -0.39 is 0 Å². The fourth-order valence-electron chi connectivity index (χ4n) is 2.42. The van der Waals surface area contributed by atoms with Crippen LogP contribution in [0.3, 0.4) is 0 Å². The highest BCUT2D eigenvalue weighted by atomic mass is 16.5. The van der Waals surface area contributed by atoms with Gasteiger partial charge in [0.1, 0.15) is 12.4 Å². The lowest BCUT2D eigenvalue weighted by Crippen LogP contribution is -2.33. The molecule has 0 radical (unpaired) electrons. The van der Waals surface area contributed by atoms with Crippen molar-refractivity contribution < 1.29 is 9.47 Å². The Morgan fingerprint density at radius 2 is 1.89 bits per heavy atom. The zero-order chi connectivity index (χ0) is 13.5. The Morgan fingerprint density at radius 1 is 1.16 bits per heavy atom. The van der Waals surface area contributed by atoms with Crippen molar-refractivity contribution in [1.82, 2.24) is 5.32 Å². The summed E-state index contributed by atoms with van der Waals surface area (Å²) in [6.45, 7) is 7.83. The second kappa shape index (κ2) is 7.51. The minimum atomic E-state index is 0.408. The monoisotopic (exact) mass is 263 g/mol. The Balaban J connectivity index is 1.73. The van der Waals surface area contributed by atoms with Crippen molar-refractivity contribution in [3.05, 3.63) is 29.8 Å². The molecular formula is C16H25NO2. The SMILES string of the molecule is CC(C)c1ccccc1OCCOC1CCNCC1. The summed E-state index contributed by atoms with van der Waals surface area (Å²) in [7, 11) is 0. The molecule has 0 bridgehead atoms. The standard InChI is InChI=1S/C16H25NO2/c1-13(2)15-5-3-4-6-16(15)19-12-11-18-14-7-9-17-10-8-14/h3-6,13-14,17H,7-12H2,1-2H3.